The van der Waals surface area contributed by atoms with E-state index < -0.39 is 5.82 Å². The Morgan fingerprint density at radius 1 is 1.14 bits per heavy atom. The van der Waals surface area contributed by atoms with Gasteiger partial charge >= 0.3 is 0 Å². The monoisotopic (exact) mass is 287 g/mol. The summed E-state index contributed by atoms with van der Waals surface area (Å²) in [6, 6.07) is 12.9. The molecule has 0 saturated carbocycles. The van der Waals surface area contributed by atoms with Crippen LogP contribution in [0.1, 0.15) is 24.2 Å². The quantitative estimate of drug-likeness (QED) is 0.898. The zero-order valence-corrected chi connectivity index (χ0v) is 12.1. The molecule has 0 aromatic heterocycles. The Kier molecular flexibility index (Phi) is 4.93. The molecule has 0 radical (unpaired) electrons. The summed E-state index contributed by atoms with van der Waals surface area (Å²) in [7, 11) is 0. The van der Waals surface area contributed by atoms with Crippen LogP contribution in [0.5, 0.6) is 5.75 Å². The molecule has 0 bridgehead atoms. The van der Waals surface area contributed by atoms with Crippen LogP contribution in [-0.4, -0.2) is 12.5 Å². The zero-order valence-electron chi connectivity index (χ0n) is 12.1. The Labute approximate surface area is 123 Å². The number of halogens is 1. The van der Waals surface area contributed by atoms with E-state index in [9.17, 15) is 9.18 Å². The molecule has 0 aliphatic heterocycles. The van der Waals surface area contributed by atoms with Crippen LogP contribution < -0.4 is 10.1 Å². The molecule has 21 heavy (non-hydrogen) atoms. The molecule has 110 valence electrons. The van der Waals surface area contributed by atoms with Gasteiger partial charge in [-0.2, -0.15) is 0 Å². The Morgan fingerprint density at radius 3 is 2.43 bits per heavy atom. The van der Waals surface area contributed by atoms with Gasteiger partial charge in [-0.25, -0.2) is 4.39 Å². The predicted molar refractivity (Wildman–Crippen MR) is 81.1 cm³/mol. The van der Waals surface area contributed by atoms with E-state index in [-0.39, 0.29) is 11.6 Å². The van der Waals surface area contributed by atoms with Gasteiger partial charge in [0.15, 0.2) is 0 Å². The maximum atomic E-state index is 13.5. The molecule has 0 aliphatic carbocycles. The summed E-state index contributed by atoms with van der Waals surface area (Å²) < 4.78 is 19.0. The Balaban J connectivity index is 2.01. The van der Waals surface area contributed by atoms with E-state index in [0.717, 1.165) is 0 Å². The zero-order chi connectivity index (χ0) is 15.2. The van der Waals surface area contributed by atoms with Crippen molar-refractivity contribution in [2.45, 2.75) is 13.8 Å². The molecule has 1 N–H and O–H groups in total. The molecule has 1 amide bonds. The van der Waals surface area contributed by atoms with E-state index in [1.54, 1.807) is 36.4 Å². The largest absolute Gasteiger partial charge is 0.493 e. The number of benzene rings is 2. The van der Waals surface area contributed by atoms with Gasteiger partial charge in [0.2, 0.25) is 0 Å². The number of hydrogen-bond acceptors (Lipinski definition) is 2. The molecule has 0 spiro atoms. The van der Waals surface area contributed by atoms with Crippen molar-refractivity contribution in [1.29, 1.82) is 0 Å². The van der Waals surface area contributed by atoms with Crippen LogP contribution in [0.25, 0.3) is 0 Å². The van der Waals surface area contributed by atoms with Crippen LogP contribution in [0.2, 0.25) is 0 Å². The summed E-state index contributed by atoms with van der Waals surface area (Å²) in [5.74, 6) is 0.346. The fraction of sp³-hybridized carbons (Fsp3) is 0.235. The highest BCUT2D eigenvalue weighted by molar-refractivity contribution is 6.04. The van der Waals surface area contributed by atoms with E-state index in [2.05, 4.69) is 19.2 Å². The van der Waals surface area contributed by atoms with Crippen molar-refractivity contribution >= 4 is 11.6 Å². The Morgan fingerprint density at radius 2 is 1.81 bits per heavy atom. The maximum Gasteiger partial charge on any atom is 0.255 e. The fourth-order valence-electron chi connectivity index (χ4n) is 1.72. The van der Waals surface area contributed by atoms with E-state index in [1.165, 1.54) is 12.1 Å². The molecule has 3 nitrogen and oxygen atoms in total. The topological polar surface area (TPSA) is 38.3 Å². The number of carbonyl (C=O) groups is 1. The van der Waals surface area contributed by atoms with Crippen LogP contribution >= 0.6 is 0 Å². The lowest BCUT2D eigenvalue weighted by atomic mass is 10.2. The Bertz CT molecular complexity index is 608. The summed E-state index contributed by atoms with van der Waals surface area (Å²) in [5, 5.41) is 2.54. The highest BCUT2D eigenvalue weighted by atomic mass is 19.1. The normalized spacial score (nSPS) is 10.5. The number of carbonyl (C=O) groups excluding carboxylic acids is 1. The van der Waals surface area contributed by atoms with Crippen LogP contribution in [0.15, 0.2) is 48.5 Å². The average molecular weight is 287 g/mol. The van der Waals surface area contributed by atoms with E-state index in [1.807, 2.05) is 0 Å². The minimum absolute atomic E-state index is 0.169. The van der Waals surface area contributed by atoms with Crippen molar-refractivity contribution in [3.63, 3.8) is 0 Å². The van der Waals surface area contributed by atoms with Crippen LogP contribution in [0.4, 0.5) is 10.1 Å². The molecule has 0 atom stereocenters. The van der Waals surface area contributed by atoms with Gasteiger partial charge in [-0.3, -0.25) is 4.79 Å². The van der Waals surface area contributed by atoms with Gasteiger partial charge in [0.05, 0.1) is 12.3 Å². The smallest absolute Gasteiger partial charge is 0.255 e. The van der Waals surface area contributed by atoms with Crippen LogP contribution in [0.3, 0.4) is 0 Å². The second-order valence-electron chi connectivity index (χ2n) is 5.16. The highest BCUT2D eigenvalue weighted by Gasteiger charge is 2.09. The van der Waals surface area contributed by atoms with Crippen LogP contribution in [-0.2, 0) is 0 Å². The van der Waals surface area contributed by atoms with E-state index in [4.69, 9.17) is 4.74 Å². The van der Waals surface area contributed by atoms with Gasteiger partial charge in [-0.1, -0.05) is 26.0 Å². The van der Waals surface area contributed by atoms with Gasteiger partial charge in [-0.05, 0) is 42.3 Å². The lowest BCUT2D eigenvalue weighted by Crippen LogP contribution is -2.13. The SMILES string of the molecule is CC(C)COc1ccc(C(=O)Nc2ccccc2F)cc1. The van der Waals surface area contributed by atoms with Gasteiger partial charge in [0.25, 0.3) is 5.91 Å². The van der Waals surface area contributed by atoms with Crippen molar-refractivity contribution in [2.75, 3.05) is 11.9 Å². The first-order chi connectivity index (χ1) is 10.1. The summed E-state index contributed by atoms with van der Waals surface area (Å²) in [5.41, 5.74) is 0.623. The number of hydrogen-bond donors (Lipinski definition) is 1. The standard InChI is InChI=1S/C17H18FNO2/c1-12(2)11-21-14-9-7-13(8-10-14)17(20)19-16-6-4-3-5-15(16)18/h3-10,12H,11H2,1-2H3,(H,19,20). The molecule has 0 aliphatic rings. The first kappa shape index (κ1) is 15.0. The first-order valence-corrected chi connectivity index (χ1v) is 6.85. The molecule has 0 unspecified atom stereocenters. The minimum Gasteiger partial charge on any atom is -0.493 e. The molecular formula is C17H18FNO2. The second kappa shape index (κ2) is 6.88. The highest BCUT2D eigenvalue weighted by Crippen LogP contribution is 2.16. The summed E-state index contributed by atoms with van der Waals surface area (Å²) in [4.78, 5) is 12.0. The predicted octanol–water partition coefficient (Wildman–Crippen LogP) is 4.11. The van der Waals surface area contributed by atoms with Crippen molar-refractivity contribution in [3.8, 4) is 5.75 Å². The lowest BCUT2D eigenvalue weighted by molar-refractivity contribution is 0.102. The van der Waals surface area contributed by atoms with Gasteiger partial charge in [0, 0.05) is 5.56 Å². The van der Waals surface area contributed by atoms with Crippen molar-refractivity contribution in [1.82, 2.24) is 0 Å². The lowest BCUT2D eigenvalue weighted by Gasteiger charge is -2.09. The van der Waals surface area contributed by atoms with Gasteiger partial charge in [-0.15, -0.1) is 0 Å². The molecule has 2 aromatic carbocycles. The van der Waals surface area contributed by atoms with Crippen molar-refractivity contribution in [2.24, 2.45) is 5.92 Å². The second-order valence-corrected chi connectivity index (χ2v) is 5.16. The van der Waals surface area contributed by atoms with E-state index in [0.29, 0.717) is 23.8 Å². The number of amides is 1. The minimum atomic E-state index is -0.456. The molecular weight excluding hydrogens is 269 g/mol. The Hall–Kier alpha value is -2.36. The third-order valence-corrected chi connectivity index (χ3v) is 2.82. The number of anilines is 1. The van der Waals surface area contributed by atoms with Gasteiger partial charge < -0.3 is 10.1 Å². The van der Waals surface area contributed by atoms with E-state index >= 15 is 0 Å². The number of ether oxygens (including phenoxy) is 1. The third kappa shape index (κ3) is 4.31. The number of nitrogens with one attached hydrogen (secondary N) is 1. The third-order valence-electron chi connectivity index (χ3n) is 2.82. The molecule has 2 aromatic rings. The molecule has 0 saturated heterocycles. The van der Waals surface area contributed by atoms with Crippen molar-refractivity contribution in [3.05, 3.63) is 59.9 Å². The summed E-state index contributed by atoms with van der Waals surface area (Å²) >= 11 is 0. The number of rotatable bonds is 5. The maximum absolute atomic E-state index is 13.5. The summed E-state index contributed by atoms with van der Waals surface area (Å²) in [6.45, 7) is 4.76. The summed E-state index contributed by atoms with van der Waals surface area (Å²) in [6.07, 6.45) is 0. The first-order valence-electron chi connectivity index (χ1n) is 6.85. The number of para-hydroxylation sites is 1. The molecule has 0 fully saturated rings. The van der Waals surface area contributed by atoms with Crippen molar-refractivity contribution < 1.29 is 13.9 Å². The average Bonchev–Trinajstić information content (AvgIpc) is 2.48. The molecule has 4 heteroatoms. The van der Waals surface area contributed by atoms with Crippen LogP contribution in [0, 0.1) is 11.7 Å². The molecule has 2 rings (SSSR count). The molecule has 0 heterocycles. The van der Waals surface area contributed by atoms with Gasteiger partial charge in [0.1, 0.15) is 11.6 Å². The fourth-order valence-corrected chi connectivity index (χ4v) is 1.72.